The van der Waals surface area contributed by atoms with E-state index in [0.717, 1.165) is 24.3 Å². The zero-order valence-corrected chi connectivity index (χ0v) is 12.8. The van der Waals surface area contributed by atoms with Gasteiger partial charge in [0.15, 0.2) is 0 Å². The maximum absolute atomic E-state index is 12.1. The Balaban J connectivity index is 2.13. The van der Waals surface area contributed by atoms with E-state index in [-0.39, 0.29) is 5.01 Å². The molecular formula is C13H12ClN5OS. The van der Waals surface area contributed by atoms with E-state index >= 15 is 0 Å². The van der Waals surface area contributed by atoms with Crippen LogP contribution in [0, 0.1) is 11.3 Å². The molecule has 1 aromatic heterocycles. The average molecular weight is 322 g/mol. The third-order valence-corrected chi connectivity index (χ3v) is 3.61. The van der Waals surface area contributed by atoms with E-state index in [0.29, 0.717) is 21.4 Å². The summed E-state index contributed by atoms with van der Waals surface area (Å²) in [5.41, 5.74) is 0.690. The van der Waals surface area contributed by atoms with Crippen LogP contribution in [0.1, 0.15) is 28.7 Å². The first-order chi connectivity index (χ1) is 10.1. The SMILES string of the molecule is CCCNc1nnc(C(=O)Nc2cc(Cl)ccc2C#N)s1. The molecule has 0 bridgehead atoms. The highest BCUT2D eigenvalue weighted by Crippen LogP contribution is 2.22. The Kier molecular flexibility index (Phi) is 5.09. The lowest BCUT2D eigenvalue weighted by atomic mass is 10.2. The van der Waals surface area contributed by atoms with Crippen molar-refractivity contribution in [1.82, 2.24) is 10.2 Å². The molecule has 0 atom stereocenters. The van der Waals surface area contributed by atoms with Crippen LogP contribution in [-0.4, -0.2) is 22.6 Å². The fraction of sp³-hybridized carbons (Fsp3) is 0.231. The Bertz CT molecular complexity index is 694. The minimum Gasteiger partial charge on any atom is -0.360 e. The molecule has 0 saturated carbocycles. The van der Waals surface area contributed by atoms with Crippen LogP contribution in [0.3, 0.4) is 0 Å². The zero-order chi connectivity index (χ0) is 15.2. The van der Waals surface area contributed by atoms with Crippen molar-refractivity contribution in [3.05, 3.63) is 33.8 Å². The minimum absolute atomic E-state index is 0.220. The Morgan fingerprint density at radius 1 is 1.48 bits per heavy atom. The molecule has 0 fully saturated rings. The number of nitriles is 1. The molecule has 108 valence electrons. The van der Waals surface area contributed by atoms with Gasteiger partial charge in [-0.2, -0.15) is 5.26 Å². The van der Waals surface area contributed by atoms with Crippen LogP contribution in [0.2, 0.25) is 5.02 Å². The molecule has 1 amide bonds. The molecule has 0 aliphatic heterocycles. The topological polar surface area (TPSA) is 90.7 Å². The van der Waals surface area contributed by atoms with Crippen molar-refractivity contribution in [1.29, 1.82) is 5.26 Å². The summed E-state index contributed by atoms with van der Waals surface area (Å²) in [5, 5.41) is 23.6. The van der Waals surface area contributed by atoms with E-state index < -0.39 is 5.91 Å². The molecule has 0 saturated heterocycles. The zero-order valence-electron chi connectivity index (χ0n) is 11.2. The summed E-state index contributed by atoms with van der Waals surface area (Å²) in [6.07, 6.45) is 0.954. The summed E-state index contributed by atoms with van der Waals surface area (Å²) in [5.74, 6) is -0.421. The van der Waals surface area contributed by atoms with Gasteiger partial charge in [-0.1, -0.05) is 29.9 Å². The summed E-state index contributed by atoms with van der Waals surface area (Å²) in [6, 6.07) is 6.66. The van der Waals surface area contributed by atoms with E-state index in [1.165, 1.54) is 6.07 Å². The largest absolute Gasteiger partial charge is 0.360 e. The normalized spacial score (nSPS) is 9.95. The first kappa shape index (κ1) is 15.2. The lowest BCUT2D eigenvalue weighted by molar-refractivity contribution is 0.102. The number of nitrogens with one attached hydrogen (secondary N) is 2. The maximum atomic E-state index is 12.1. The molecule has 0 aliphatic carbocycles. The van der Waals surface area contributed by atoms with Crippen molar-refractivity contribution in [3.63, 3.8) is 0 Å². The molecule has 1 aromatic carbocycles. The number of nitrogens with zero attached hydrogens (tertiary/aromatic N) is 3. The van der Waals surface area contributed by atoms with Crippen molar-refractivity contribution in [2.45, 2.75) is 13.3 Å². The quantitative estimate of drug-likeness (QED) is 0.882. The third kappa shape index (κ3) is 3.90. The standard InChI is InChI=1S/C13H12ClN5OS/c1-2-5-16-13-19-18-12(21-13)11(20)17-10-6-9(14)4-3-8(10)7-15/h3-4,6H,2,5H2,1H3,(H,16,19)(H,17,20). The monoisotopic (exact) mass is 321 g/mol. The van der Waals surface area contributed by atoms with Crippen LogP contribution in [0.5, 0.6) is 0 Å². The molecule has 0 aliphatic rings. The highest BCUT2D eigenvalue weighted by atomic mass is 35.5. The van der Waals surface area contributed by atoms with Crippen LogP contribution in [0.4, 0.5) is 10.8 Å². The number of rotatable bonds is 5. The van der Waals surface area contributed by atoms with Gasteiger partial charge in [-0.15, -0.1) is 10.2 Å². The number of carbonyl (C=O) groups is 1. The fourth-order valence-electron chi connectivity index (χ4n) is 1.51. The molecule has 1 heterocycles. The second-order valence-corrected chi connectivity index (χ2v) is 5.51. The van der Waals surface area contributed by atoms with Crippen LogP contribution in [-0.2, 0) is 0 Å². The highest BCUT2D eigenvalue weighted by molar-refractivity contribution is 7.17. The third-order valence-electron chi connectivity index (χ3n) is 2.50. The number of hydrogen-bond donors (Lipinski definition) is 2. The van der Waals surface area contributed by atoms with E-state index in [1.54, 1.807) is 12.1 Å². The molecule has 21 heavy (non-hydrogen) atoms. The predicted octanol–water partition coefficient (Wildman–Crippen LogP) is 3.14. The summed E-state index contributed by atoms with van der Waals surface area (Å²) >= 11 is 7.03. The number of halogens is 1. The van der Waals surface area contributed by atoms with Gasteiger partial charge in [-0.3, -0.25) is 4.79 Å². The first-order valence-corrected chi connectivity index (χ1v) is 7.42. The molecule has 2 N–H and O–H groups in total. The molecule has 6 nitrogen and oxygen atoms in total. The second-order valence-electron chi connectivity index (χ2n) is 4.09. The van der Waals surface area contributed by atoms with Crippen molar-refractivity contribution < 1.29 is 4.79 Å². The summed E-state index contributed by atoms with van der Waals surface area (Å²) < 4.78 is 0. The predicted molar refractivity (Wildman–Crippen MR) is 82.8 cm³/mol. The van der Waals surface area contributed by atoms with Crippen molar-refractivity contribution in [3.8, 4) is 6.07 Å². The number of benzene rings is 1. The van der Waals surface area contributed by atoms with Gasteiger partial charge in [-0.05, 0) is 24.6 Å². The van der Waals surface area contributed by atoms with Crippen molar-refractivity contribution in [2.75, 3.05) is 17.2 Å². The fourth-order valence-corrected chi connectivity index (χ4v) is 2.35. The summed E-state index contributed by atoms with van der Waals surface area (Å²) in [7, 11) is 0. The lowest BCUT2D eigenvalue weighted by Gasteiger charge is -2.05. The Labute approximate surface area is 130 Å². The number of hydrogen-bond acceptors (Lipinski definition) is 6. The minimum atomic E-state index is -0.421. The van der Waals surface area contributed by atoms with Gasteiger partial charge in [0.1, 0.15) is 6.07 Å². The van der Waals surface area contributed by atoms with Crippen molar-refractivity contribution >= 4 is 39.7 Å². The van der Waals surface area contributed by atoms with Gasteiger partial charge in [0, 0.05) is 11.6 Å². The van der Waals surface area contributed by atoms with Crippen LogP contribution >= 0.6 is 22.9 Å². The van der Waals surface area contributed by atoms with Gasteiger partial charge in [0.25, 0.3) is 5.91 Å². The number of carbonyl (C=O) groups excluding carboxylic acids is 1. The van der Waals surface area contributed by atoms with Crippen LogP contribution < -0.4 is 10.6 Å². The first-order valence-electron chi connectivity index (χ1n) is 6.22. The second kappa shape index (κ2) is 7.02. The number of anilines is 2. The van der Waals surface area contributed by atoms with E-state index in [4.69, 9.17) is 16.9 Å². The molecule has 2 rings (SSSR count). The highest BCUT2D eigenvalue weighted by Gasteiger charge is 2.14. The molecule has 0 radical (unpaired) electrons. The number of aromatic nitrogens is 2. The maximum Gasteiger partial charge on any atom is 0.286 e. The van der Waals surface area contributed by atoms with Gasteiger partial charge in [0.2, 0.25) is 10.1 Å². The number of amides is 1. The van der Waals surface area contributed by atoms with Gasteiger partial charge in [0.05, 0.1) is 11.3 Å². The smallest absolute Gasteiger partial charge is 0.286 e. The Morgan fingerprint density at radius 3 is 3.00 bits per heavy atom. The van der Waals surface area contributed by atoms with Crippen molar-refractivity contribution in [2.24, 2.45) is 0 Å². The van der Waals surface area contributed by atoms with E-state index in [1.807, 2.05) is 13.0 Å². The molecule has 0 spiro atoms. The molecule has 2 aromatic rings. The summed E-state index contributed by atoms with van der Waals surface area (Å²) in [4.78, 5) is 12.1. The molecular weight excluding hydrogens is 310 g/mol. The Hall–Kier alpha value is -2.17. The van der Waals surface area contributed by atoms with E-state index in [9.17, 15) is 4.79 Å². The lowest BCUT2D eigenvalue weighted by Crippen LogP contribution is -2.12. The van der Waals surface area contributed by atoms with Gasteiger partial charge >= 0.3 is 0 Å². The van der Waals surface area contributed by atoms with Crippen LogP contribution in [0.15, 0.2) is 18.2 Å². The Morgan fingerprint density at radius 2 is 2.29 bits per heavy atom. The van der Waals surface area contributed by atoms with Crippen LogP contribution in [0.25, 0.3) is 0 Å². The average Bonchev–Trinajstić information content (AvgIpc) is 2.94. The molecule has 0 unspecified atom stereocenters. The summed E-state index contributed by atoms with van der Waals surface area (Å²) in [6.45, 7) is 2.80. The van der Waals surface area contributed by atoms with Gasteiger partial charge in [-0.25, -0.2) is 0 Å². The molecule has 8 heteroatoms. The van der Waals surface area contributed by atoms with E-state index in [2.05, 4.69) is 20.8 Å². The van der Waals surface area contributed by atoms with Gasteiger partial charge < -0.3 is 10.6 Å².